The van der Waals surface area contributed by atoms with Crippen LogP contribution in [-0.2, 0) is 0 Å². The van der Waals surface area contributed by atoms with Crippen LogP contribution < -0.4 is 5.32 Å². The van der Waals surface area contributed by atoms with Crippen molar-refractivity contribution in [1.82, 2.24) is 10.2 Å². The maximum Gasteiger partial charge on any atom is 0.0195 e. The number of nitrogens with zero attached hydrogens (tertiary/aromatic N) is 1. The van der Waals surface area contributed by atoms with Crippen molar-refractivity contribution in [2.45, 2.75) is 96.9 Å². The zero-order valence-corrected chi connectivity index (χ0v) is 14.8. The minimum atomic E-state index is 0.771. The zero-order chi connectivity index (χ0) is 15.2. The molecule has 1 rings (SSSR count). The molecule has 2 heteroatoms. The molecular weight excluding hydrogens is 256 g/mol. The summed E-state index contributed by atoms with van der Waals surface area (Å²) in [6.45, 7) is 9.64. The third kappa shape index (κ3) is 10.3. The van der Waals surface area contributed by atoms with Crippen LogP contribution in [0.2, 0.25) is 0 Å². The van der Waals surface area contributed by atoms with Crippen molar-refractivity contribution in [1.29, 1.82) is 0 Å². The molecule has 0 saturated carbocycles. The van der Waals surface area contributed by atoms with E-state index in [-0.39, 0.29) is 0 Å². The number of rotatable bonds is 14. The Labute approximate surface area is 134 Å². The maximum absolute atomic E-state index is 3.62. The Bertz CT molecular complexity index is 212. The summed E-state index contributed by atoms with van der Waals surface area (Å²) in [5.41, 5.74) is 0. The lowest BCUT2D eigenvalue weighted by atomic mass is 10.1. The maximum atomic E-state index is 3.62. The Morgan fingerprint density at radius 3 is 2.00 bits per heavy atom. The number of hydrogen-bond donors (Lipinski definition) is 1. The lowest BCUT2D eigenvalue weighted by molar-refractivity contribution is 0.255. The van der Waals surface area contributed by atoms with Gasteiger partial charge in [0.15, 0.2) is 0 Å². The topological polar surface area (TPSA) is 15.3 Å². The highest BCUT2D eigenvalue weighted by Crippen LogP contribution is 2.11. The molecule has 0 radical (unpaired) electrons. The van der Waals surface area contributed by atoms with Crippen LogP contribution in [0.15, 0.2) is 0 Å². The number of unbranched alkanes of at least 4 members (excludes halogenated alkanes) is 9. The first-order valence-electron chi connectivity index (χ1n) is 9.82. The Morgan fingerprint density at radius 1 is 0.857 bits per heavy atom. The molecule has 0 amide bonds. The predicted octanol–water partition coefficient (Wildman–Crippen LogP) is 4.98. The smallest absolute Gasteiger partial charge is 0.0195 e. The van der Waals surface area contributed by atoms with Crippen molar-refractivity contribution in [2.75, 3.05) is 26.2 Å². The summed E-state index contributed by atoms with van der Waals surface area (Å²) in [7, 11) is 0. The molecule has 0 bridgehead atoms. The van der Waals surface area contributed by atoms with Crippen LogP contribution in [0, 0.1) is 0 Å². The molecule has 0 aromatic rings. The molecular formula is C19H40N2. The number of nitrogens with one attached hydrogen (secondary N) is 1. The highest BCUT2D eigenvalue weighted by molar-refractivity contribution is 4.77. The molecule has 1 aliphatic heterocycles. The minimum absolute atomic E-state index is 0.771. The van der Waals surface area contributed by atoms with Crippen molar-refractivity contribution in [3.05, 3.63) is 0 Å². The molecule has 1 saturated heterocycles. The van der Waals surface area contributed by atoms with Gasteiger partial charge in [-0.2, -0.15) is 0 Å². The highest BCUT2D eigenvalue weighted by atomic mass is 15.1. The monoisotopic (exact) mass is 296 g/mol. The van der Waals surface area contributed by atoms with Crippen LogP contribution in [0.4, 0.5) is 0 Å². The second kappa shape index (κ2) is 13.6. The zero-order valence-electron chi connectivity index (χ0n) is 14.8. The van der Waals surface area contributed by atoms with Crippen molar-refractivity contribution in [3.63, 3.8) is 0 Å². The van der Waals surface area contributed by atoms with E-state index < -0.39 is 0 Å². The normalized spacial score (nSPS) is 18.7. The van der Waals surface area contributed by atoms with E-state index in [1.54, 1.807) is 0 Å². The third-order valence-electron chi connectivity index (χ3n) is 4.92. The van der Waals surface area contributed by atoms with E-state index in [0.717, 1.165) is 6.04 Å². The second-order valence-corrected chi connectivity index (χ2v) is 6.87. The van der Waals surface area contributed by atoms with Crippen molar-refractivity contribution in [3.8, 4) is 0 Å². The van der Waals surface area contributed by atoms with Gasteiger partial charge < -0.3 is 10.2 Å². The molecule has 2 nitrogen and oxygen atoms in total. The fraction of sp³-hybridized carbons (Fsp3) is 1.00. The van der Waals surface area contributed by atoms with Gasteiger partial charge in [-0.1, -0.05) is 71.6 Å². The summed E-state index contributed by atoms with van der Waals surface area (Å²) >= 11 is 0. The molecule has 1 aliphatic rings. The first-order chi connectivity index (χ1) is 10.4. The third-order valence-corrected chi connectivity index (χ3v) is 4.92. The van der Waals surface area contributed by atoms with Gasteiger partial charge in [0.1, 0.15) is 0 Å². The van der Waals surface area contributed by atoms with Gasteiger partial charge in [0.05, 0.1) is 0 Å². The van der Waals surface area contributed by atoms with Gasteiger partial charge in [-0.15, -0.1) is 0 Å². The molecule has 0 spiro atoms. The average Bonchev–Trinajstić information content (AvgIpc) is 3.01. The van der Waals surface area contributed by atoms with Crippen molar-refractivity contribution >= 4 is 0 Å². The molecule has 126 valence electrons. The molecule has 0 aliphatic carbocycles. The van der Waals surface area contributed by atoms with E-state index >= 15 is 0 Å². The van der Waals surface area contributed by atoms with Gasteiger partial charge in [-0.3, -0.25) is 0 Å². The first-order valence-corrected chi connectivity index (χ1v) is 9.82. The van der Waals surface area contributed by atoms with E-state index in [1.807, 2.05) is 0 Å². The Hall–Kier alpha value is -0.0800. The number of hydrogen-bond acceptors (Lipinski definition) is 2. The van der Waals surface area contributed by atoms with E-state index in [2.05, 4.69) is 24.1 Å². The molecule has 0 aromatic carbocycles. The van der Waals surface area contributed by atoms with E-state index in [4.69, 9.17) is 0 Å². The van der Waals surface area contributed by atoms with Gasteiger partial charge in [-0.25, -0.2) is 0 Å². The molecule has 1 N–H and O–H groups in total. The summed E-state index contributed by atoms with van der Waals surface area (Å²) in [6.07, 6.45) is 17.2. The summed E-state index contributed by atoms with van der Waals surface area (Å²) < 4.78 is 0. The minimum Gasteiger partial charge on any atom is -0.313 e. The van der Waals surface area contributed by atoms with Gasteiger partial charge in [0.25, 0.3) is 0 Å². The second-order valence-electron chi connectivity index (χ2n) is 6.87. The Morgan fingerprint density at radius 2 is 1.48 bits per heavy atom. The highest BCUT2D eigenvalue weighted by Gasteiger charge is 2.16. The largest absolute Gasteiger partial charge is 0.313 e. The Kier molecular flexibility index (Phi) is 12.3. The fourth-order valence-electron chi connectivity index (χ4n) is 3.43. The summed E-state index contributed by atoms with van der Waals surface area (Å²) in [5.74, 6) is 0. The van der Waals surface area contributed by atoms with Gasteiger partial charge in [0, 0.05) is 12.6 Å². The molecule has 0 aromatic heterocycles. The lowest BCUT2D eigenvalue weighted by Gasteiger charge is -2.24. The SMILES string of the molecule is CCCCCCCCCCCCN(CC)CC1CCCN1. The predicted molar refractivity (Wildman–Crippen MR) is 95.0 cm³/mol. The first kappa shape index (κ1) is 19.0. The average molecular weight is 297 g/mol. The van der Waals surface area contributed by atoms with Crippen LogP contribution in [0.1, 0.15) is 90.9 Å². The number of likely N-dealkylation sites (N-methyl/N-ethyl adjacent to an activating group) is 1. The quantitative estimate of drug-likeness (QED) is 0.455. The van der Waals surface area contributed by atoms with Crippen LogP contribution >= 0.6 is 0 Å². The summed E-state index contributed by atoms with van der Waals surface area (Å²) in [4.78, 5) is 2.65. The van der Waals surface area contributed by atoms with Gasteiger partial charge in [-0.05, 0) is 38.9 Å². The van der Waals surface area contributed by atoms with E-state index in [9.17, 15) is 0 Å². The summed E-state index contributed by atoms with van der Waals surface area (Å²) in [5, 5.41) is 3.62. The van der Waals surface area contributed by atoms with Crippen LogP contribution in [0.3, 0.4) is 0 Å². The van der Waals surface area contributed by atoms with Crippen LogP contribution in [0.5, 0.6) is 0 Å². The standard InChI is InChI=1S/C19H40N2/c1-3-5-6-7-8-9-10-11-12-13-17-21(4-2)18-19-15-14-16-20-19/h19-20H,3-18H2,1-2H3. The fourth-order valence-corrected chi connectivity index (χ4v) is 3.43. The van der Waals surface area contributed by atoms with Crippen molar-refractivity contribution < 1.29 is 0 Å². The van der Waals surface area contributed by atoms with Gasteiger partial charge >= 0.3 is 0 Å². The summed E-state index contributed by atoms with van der Waals surface area (Å²) in [6, 6.07) is 0.771. The molecule has 1 heterocycles. The van der Waals surface area contributed by atoms with Crippen LogP contribution in [-0.4, -0.2) is 37.1 Å². The lowest BCUT2D eigenvalue weighted by Crippen LogP contribution is -2.37. The van der Waals surface area contributed by atoms with Gasteiger partial charge in [0.2, 0.25) is 0 Å². The van der Waals surface area contributed by atoms with E-state index in [1.165, 1.54) is 103 Å². The van der Waals surface area contributed by atoms with E-state index in [0.29, 0.717) is 0 Å². The molecule has 1 fully saturated rings. The molecule has 1 unspecified atom stereocenters. The Balaban J connectivity index is 1.85. The van der Waals surface area contributed by atoms with Crippen LogP contribution in [0.25, 0.3) is 0 Å². The molecule has 21 heavy (non-hydrogen) atoms. The molecule has 1 atom stereocenters. The van der Waals surface area contributed by atoms with Crippen molar-refractivity contribution in [2.24, 2.45) is 0 Å².